The highest BCUT2D eigenvalue weighted by Gasteiger charge is 2.12. The highest BCUT2D eigenvalue weighted by Crippen LogP contribution is 2.26. The molecule has 28 heavy (non-hydrogen) atoms. The number of nitrogens with one attached hydrogen (secondary N) is 1. The standard InChI is InChI=1S/C24H25N3O/c1-17-4-11-21(12-5-17)27-23-13-6-18(2)14-22(23)26-24(27)25-15-19-7-9-20(10-8-19)16-28-3/h4-14H,15-16H2,1-3H3,(H,25,26). The van der Waals surface area contributed by atoms with Crippen molar-refractivity contribution in [2.24, 2.45) is 0 Å². The molecule has 0 aliphatic carbocycles. The van der Waals surface area contributed by atoms with Crippen LogP contribution in [0, 0.1) is 13.8 Å². The molecule has 4 aromatic rings. The number of aromatic nitrogens is 2. The number of methoxy groups -OCH3 is 1. The van der Waals surface area contributed by atoms with Gasteiger partial charge in [0.15, 0.2) is 0 Å². The van der Waals surface area contributed by atoms with Crippen molar-refractivity contribution in [3.05, 3.63) is 89.0 Å². The molecule has 0 amide bonds. The highest BCUT2D eigenvalue weighted by molar-refractivity contribution is 5.82. The second-order valence-corrected chi connectivity index (χ2v) is 7.20. The molecule has 1 N–H and O–H groups in total. The SMILES string of the molecule is COCc1ccc(CNc2nc3cc(C)ccc3n2-c2ccc(C)cc2)cc1. The van der Waals surface area contributed by atoms with Crippen molar-refractivity contribution in [2.75, 3.05) is 12.4 Å². The smallest absolute Gasteiger partial charge is 0.208 e. The molecule has 0 fully saturated rings. The molecule has 0 spiro atoms. The third-order valence-electron chi connectivity index (χ3n) is 4.89. The van der Waals surface area contributed by atoms with Gasteiger partial charge < -0.3 is 10.1 Å². The van der Waals surface area contributed by atoms with Crippen molar-refractivity contribution in [3.63, 3.8) is 0 Å². The summed E-state index contributed by atoms with van der Waals surface area (Å²) in [5, 5.41) is 3.52. The van der Waals surface area contributed by atoms with Gasteiger partial charge in [-0.2, -0.15) is 0 Å². The van der Waals surface area contributed by atoms with Crippen LogP contribution in [0.4, 0.5) is 5.95 Å². The van der Waals surface area contributed by atoms with Crippen LogP contribution in [0.3, 0.4) is 0 Å². The Morgan fingerprint density at radius 1 is 0.857 bits per heavy atom. The second kappa shape index (κ2) is 7.87. The van der Waals surface area contributed by atoms with E-state index in [-0.39, 0.29) is 0 Å². The van der Waals surface area contributed by atoms with E-state index in [9.17, 15) is 0 Å². The first kappa shape index (κ1) is 18.3. The summed E-state index contributed by atoms with van der Waals surface area (Å²) < 4.78 is 7.37. The molecule has 0 aliphatic heterocycles. The maximum Gasteiger partial charge on any atom is 0.208 e. The van der Waals surface area contributed by atoms with Crippen LogP contribution in [0.2, 0.25) is 0 Å². The molecule has 0 saturated carbocycles. The Bertz CT molecular complexity index is 1080. The van der Waals surface area contributed by atoms with Crippen LogP contribution in [0.25, 0.3) is 16.7 Å². The van der Waals surface area contributed by atoms with Gasteiger partial charge in [-0.05, 0) is 54.8 Å². The summed E-state index contributed by atoms with van der Waals surface area (Å²) in [4.78, 5) is 4.87. The van der Waals surface area contributed by atoms with E-state index >= 15 is 0 Å². The Kier molecular flexibility index (Phi) is 5.13. The van der Waals surface area contributed by atoms with E-state index in [2.05, 4.69) is 90.5 Å². The summed E-state index contributed by atoms with van der Waals surface area (Å²) in [6.45, 7) is 5.54. The lowest BCUT2D eigenvalue weighted by Gasteiger charge is -2.12. The maximum absolute atomic E-state index is 5.18. The number of benzene rings is 3. The molecule has 142 valence electrons. The fraction of sp³-hybridized carbons (Fsp3) is 0.208. The van der Waals surface area contributed by atoms with Crippen molar-refractivity contribution in [1.82, 2.24) is 9.55 Å². The van der Waals surface area contributed by atoms with Gasteiger partial charge in [0, 0.05) is 19.3 Å². The van der Waals surface area contributed by atoms with Crippen LogP contribution < -0.4 is 5.32 Å². The predicted octanol–water partition coefficient (Wildman–Crippen LogP) is 5.40. The van der Waals surface area contributed by atoms with Crippen molar-refractivity contribution >= 4 is 17.0 Å². The minimum absolute atomic E-state index is 0.635. The van der Waals surface area contributed by atoms with Gasteiger partial charge in [0.2, 0.25) is 5.95 Å². The lowest BCUT2D eigenvalue weighted by atomic mass is 10.1. The molecule has 0 aliphatic rings. The summed E-state index contributed by atoms with van der Waals surface area (Å²) >= 11 is 0. The molecule has 0 atom stereocenters. The zero-order chi connectivity index (χ0) is 19.5. The molecule has 4 nitrogen and oxygen atoms in total. The number of hydrogen-bond donors (Lipinski definition) is 1. The molecule has 0 unspecified atom stereocenters. The fourth-order valence-electron chi connectivity index (χ4n) is 3.37. The molecular weight excluding hydrogens is 346 g/mol. The number of nitrogens with zero attached hydrogens (tertiary/aromatic N) is 2. The van der Waals surface area contributed by atoms with Gasteiger partial charge in [-0.15, -0.1) is 0 Å². The van der Waals surface area contributed by atoms with Crippen molar-refractivity contribution in [1.29, 1.82) is 0 Å². The lowest BCUT2D eigenvalue weighted by Crippen LogP contribution is -2.06. The Morgan fingerprint density at radius 3 is 2.25 bits per heavy atom. The highest BCUT2D eigenvalue weighted by atomic mass is 16.5. The largest absolute Gasteiger partial charge is 0.380 e. The van der Waals surface area contributed by atoms with Crippen LogP contribution in [0.5, 0.6) is 0 Å². The van der Waals surface area contributed by atoms with E-state index in [1.165, 1.54) is 22.3 Å². The number of imidazole rings is 1. The minimum Gasteiger partial charge on any atom is -0.380 e. The zero-order valence-electron chi connectivity index (χ0n) is 16.6. The molecule has 0 radical (unpaired) electrons. The van der Waals surface area contributed by atoms with E-state index in [0.717, 1.165) is 22.7 Å². The van der Waals surface area contributed by atoms with Crippen LogP contribution in [0.1, 0.15) is 22.3 Å². The number of rotatable bonds is 6. The second-order valence-electron chi connectivity index (χ2n) is 7.20. The van der Waals surface area contributed by atoms with Gasteiger partial charge in [0.05, 0.1) is 17.6 Å². The van der Waals surface area contributed by atoms with Crippen LogP contribution in [0.15, 0.2) is 66.7 Å². The van der Waals surface area contributed by atoms with Gasteiger partial charge in [0.25, 0.3) is 0 Å². The van der Waals surface area contributed by atoms with Gasteiger partial charge >= 0.3 is 0 Å². The average molecular weight is 371 g/mol. The van der Waals surface area contributed by atoms with Gasteiger partial charge in [-0.3, -0.25) is 4.57 Å². The zero-order valence-corrected chi connectivity index (χ0v) is 16.6. The lowest BCUT2D eigenvalue weighted by molar-refractivity contribution is 0.185. The van der Waals surface area contributed by atoms with E-state index in [1.54, 1.807) is 7.11 Å². The third-order valence-corrected chi connectivity index (χ3v) is 4.89. The normalized spacial score (nSPS) is 11.1. The topological polar surface area (TPSA) is 39.1 Å². The number of fused-ring (bicyclic) bond motifs is 1. The van der Waals surface area contributed by atoms with Gasteiger partial charge in [-0.25, -0.2) is 4.98 Å². The maximum atomic E-state index is 5.18. The van der Waals surface area contributed by atoms with Crippen molar-refractivity contribution in [2.45, 2.75) is 27.0 Å². The average Bonchev–Trinajstić information content (AvgIpc) is 3.06. The Morgan fingerprint density at radius 2 is 1.54 bits per heavy atom. The first-order valence-electron chi connectivity index (χ1n) is 9.51. The number of anilines is 1. The molecule has 1 aromatic heterocycles. The van der Waals surface area contributed by atoms with Crippen LogP contribution >= 0.6 is 0 Å². The monoisotopic (exact) mass is 371 g/mol. The van der Waals surface area contributed by atoms with E-state index < -0.39 is 0 Å². The van der Waals surface area contributed by atoms with Gasteiger partial charge in [0.1, 0.15) is 0 Å². The summed E-state index contributed by atoms with van der Waals surface area (Å²) in [6, 6.07) is 23.4. The summed E-state index contributed by atoms with van der Waals surface area (Å²) in [5.41, 5.74) is 8.05. The third kappa shape index (κ3) is 3.78. The van der Waals surface area contributed by atoms with Crippen LogP contribution in [-0.2, 0) is 17.9 Å². The molecule has 3 aromatic carbocycles. The van der Waals surface area contributed by atoms with Gasteiger partial charge in [-0.1, -0.05) is 48.0 Å². The van der Waals surface area contributed by atoms with E-state index in [4.69, 9.17) is 9.72 Å². The first-order chi connectivity index (χ1) is 13.6. The van der Waals surface area contributed by atoms with E-state index in [1.807, 2.05) is 0 Å². The Labute approximate surface area is 165 Å². The Balaban J connectivity index is 1.67. The quantitative estimate of drug-likeness (QED) is 0.493. The molecule has 1 heterocycles. The number of aryl methyl sites for hydroxylation is 2. The fourth-order valence-corrected chi connectivity index (χ4v) is 3.37. The summed E-state index contributed by atoms with van der Waals surface area (Å²) in [5.74, 6) is 0.852. The minimum atomic E-state index is 0.635. The number of ether oxygens (including phenoxy) is 1. The number of hydrogen-bond acceptors (Lipinski definition) is 3. The van der Waals surface area contributed by atoms with Crippen molar-refractivity contribution < 1.29 is 4.74 Å². The summed E-state index contributed by atoms with van der Waals surface area (Å²) in [7, 11) is 1.72. The molecule has 0 saturated heterocycles. The van der Waals surface area contributed by atoms with E-state index in [0.29, 0.717) is 13.2 Å². The molecule has 4 heteroatoms. The predicted molar refractivity (Wildman–Crippen MR) is 115 cm³/mol. The van der Waals surface area contributed by atoms with Crippen LogP contribution in [-0.4, -0.2) is 16.7 Å². The summed E-state index contributed by atoms with van der Waals surface area (Å²) in [6.07, 6.45) is 0. The Hall–Kier alpha value is -3.11. The van der Waals surface area contributed by atoms with Crippen molar-refractivity contribution in [3.8, 4) is 5.69 Å². The molecular formula is C24H25N3O. The molecule has 4 rings (SSSR count). The molecule has 0 bridgehead atoms. The first-order valence-corrected chi connectivity index (χ1v) is 9.51.